The van der Waals surface area contributed by atoms with Gasteiger partial charge in [-0.15, -0.1) is 0 Å². The molecule has 0 spiro atoms. The van der Waals surface area contributed by atoms with Crippen molar-refractivity contribution >= 4 is 45.9 Å². The van der Waals surface area contributed by atoms with E-state index in [1.807, 2.05) is 17.0 Å². The summed E-state index contributed by atoms with van der Waals surface area (Å²) >= 11 is 12.4. The minimum Gasteiger partial charge on any atom is -0.478 e. The average Bonchev–Trinajstić information content (AvgIpc) is 3.37. The number of β-amino-alcohol motifs (C(OH)–C–C–N with tert-alkyl or cyclic N) is 1. The van der Waals surface area contributed by atoms with Crippen molar-refractivity contribution < 1.29 is 23.4 Å². The van der Waals surface area contributed by atoms with Gasteiger partial charge in [0.1, 0.15) is 11.9 Å². The van der Waals surface area contributed by atoms with Crippen molar-refractivity contribution in [2.24, 2.45) is 0 Å². The van der Waals surface area contributed by atoms with Crippen molar-refractivity contribution in [3.8, 4) is 16.9 Å². The van der Waals surface area contributed by atoms with E-state index in [1.54, 1.807) is 31.5 Å². The van der Waals surface area contributed by atoms with Crippen LogP contribution < -0.4 is 10.5 Å². The van der Waals surface area contributed by atoms with Gasteiger partial charge in [-0.1, -0.05) is 35.3 Å². The number of nitrogens with two attached hydrogens (primary N) is 1. The summed E-state index contributed by atoms with van der Waals surface area (Å²) in [5, 5.41) is 9.90. The zero-order valence-corrected chi connectivity index (χ0v) is 22.7. The van der Waals surface area contributed by atoms with E-state index in [1.165, 1.54) is 12.1 Å². The van der Waals surface area contributed by atoms with Gasteiger partial charge in [-0.3, -0.25) is 9.69 Å². The molecule has 1 aliphatic rings. The Morgan fingerprint density at radius 1 is 1.18 bits per heavy atom. The molecule has 204 valence electrons. The molecule has 3 heterocycles. The molecule has 2 aromatic carbocycles. The molecule has 2 aromatic heterocycles. The first-order chi connectivity index (χ1) is 18.8. The Bertz CT molecular complexity index is 1500. The van der Waals surface area contributed by atoms with Gasteiger partial charge in [0.15, 0.2) is 11.4 Å². The fraction of sp³-hybridized carbons (Fsp3) is 0.286. The minimum atomic E-state index is -0.750. The molecule has 8 nitrogen and oxygen atoms in total. The van der Waals surface area contributed by atoms with Crippen molar-refractivity contribution in [3.05, 3.63) is 75.8 Å². The summed E-state index contributed by atoms with van der Waals surface area (Å²) in [6, 6.07) is 9.88. The lowest BCUT2D eigenvalue weighted by atomic mass is 10.0. The van der Waals surface area contributed by atoms with Crippen LogP contribution in [0.3, 0.4) is 0 Å². The lowest BCUT2D eigenvalue weighted by Gasteiger charge is -2.34. The molecule has 1 unspecified atom stereocenters. The summed E-state index contributed by atoms with van der Waals surface area (Å²) in [7, 11) is 0. The third-order valence-electron chi connectivity index (χ3n) is 6.90. The number of fused-ring (bicyclic) bond motifs is 1. The molecule has 0 radical (unpaired) electrons. The van der Waals surface area contributed by atoms with Crippen LogP contribution in [0.1, 0.15) is 28.9 Å². The topological polar surface area (TPSA) is 105 Å². The molecule has 1 aliphatic heterocycles. The van der Waals surface area contributed by atoms with Crippen LogP contribution >= 0.6 is 23.2 Å². The van der Waals surface area contributed by atoms with Crippen LogP contribution in [0.5, 0.6) is 5.75 Å². The highest BCUT2D eigenvalue weighted by Gasteiger charge is 2.24. The van der Waals surface area contributed by atoms with Gasteiger partial charge in [-0.2, -0.15) is 0 Å². The Morgan fingerprint density at radius 3 is 2.59 bits per heavy atom. The Labute approximate surface area is 234 Å². The number of amides is 1. The number of carbonyl (C=O) groups excluding carboxylic acids is 1. The monoisotopic (exact) mass is 572 g/mol. The predicted octanol–water partition coefficient (Wildman–Crippen LogP) is 5.41. The van der Waals surface area contributed by atoms with Crippen LogP contribution in [0, 0.1) is 5.82 Å². The summed E-state index contributed by atoms with van der Waals surface area (Å²) in [4.78, 5) is 21.2. The molecule has 0 bridgehead atoms. The summed E-state index contributed by atoms with van der Waals surface area (Å²) in [5.74, 6) is -0.355. The van der Waals surface area contributed by atoms with Crippen LogP contribution in [0.15, 0.2) is 53.3 Å². The average molecular weight is 573 g/mol. The van der Waals surface area contributed by atoms with Crippen LogP contribution in [-0.4, -0.2) is 65.1 Å². The van der Waals surface area contributed by atoms with Crippen molar-refractivity contribution in [1.29, 1.82) is 0 Å². The van der Waals surface area contributed by atoms with Crippen molar-refractivity contribution in [1.82, 2.24) is 14.8 Å². The molecule has 11 heteroatoms. The number of hydrogen-bond acceptors (Lipinski definition) is 7. The van der Waals surface area contributed by atoms with Gasteiger partial charge in [0.05, 0.1) is 23.3 Å². The molecule has 0 saturated carbocycles. The Balaban J connectivity index is 1.38. The molecule has 3 N–H and O–H groups in total. The van der Waals surface area contributed by atoms with E-state index in [9.17, 15) is 9.18 Å². The summed E-state index contributed by atoms with van der Waals surface area (Å²) in [5.41, 5.74) is 8.93. The van der Waals surface area contributed by atoms with Gasteiger partial charge in [-0.25, -0.2) is 9.37 Å². The number of carbonyl (C=O) groups is 1. The smallest absolute Gasteiger partial charge is 0.253 e. The number of aromatic nitrogens is 1. The van der Waals surface area contributed by atoms with Gasteiger partial charge in [0, 0.05) is 60.6 Å². The van der Waals surface area contributed by atoms with Crippen LogP contribution in [0.2, 0.25) is 10.0 Å². The molecule has 1 saturated heterocycles. The zero-order chi connectivity index (χ0) is 27.7. The van der Waals surface area contributed by atoms with E-state index in [0.717, 1.165) is 24.2 Å². The van der Waals surface area contributed by atoms with Gasteiger partial charge < -0.3 is 24.9 Å². The van der Waals surface area contributed by atoms with Gasteiger partial charge >= 0.3 is 0 Å². The third kappa shape index (κ3) is 5.40. The highest BCUT2D eigenvalue weighted by molar-refractivity contribution is 6.36. The molecule has 1 amide bonds. The van der Waals surface area contributed by atoms with E-state index < -0.39 is 11.9 Å². The maximum absolute atomic E-state index is 14.1. The summed E-state index contributed by atoms with van der Waals surface area (Å²) in [6.45, 7) is 5.12. The van der Waals surface area contributed by atoms with E-state index in [2.05, 4.69) is 9.88 Å². The van der Waals surface area contributed by atoms with Crippen molar-refractivity contribution in [3.63, 3.8) is 0 Å². The van der Waals surface area contributed by atoms with Crippen LogP contribution in [0.4, 0.5) is 10.2 Å². The van der Waals surface area contributed by atoms with E-state index >= 15 is 0 Å². The number of furan rings is 1. The number of halogens is 3. The van der Waals surface area contributed by atoms with E-state index in [-0.39, 0.29) is 39.7 Å². The number of piperazine rings is 1. The minimum absolute atomic E-state index is 0.0314. The Hall–Kier alpha value is -3.37. The number of aliphatic hydroxyl groups excluding tert-OH is 1. The fourth-order valence-electron chi connectivity index (χ4n) is 4.76. The highest BCUT2D eigenvalue weighted by Crippen LogP contribution is 2.41. The maximum Gasteiger partial charge on any atom is 0.253 e. The maximum atomic E-state index is 14.1. The second-order valence-electron chi connectivity index (χ2n) is 9.32. The number of nitrogens with zero attached hydrogens (tertiary/aromatic N) is 3. The van der Waals surface area contributed by atoms with Crippen molar-refractivity contribution in [2.75, 3.05) is 45.1 Å². The zero-order valence-electron chi connectivity index (χ0n) is 21.2. The molecule has 39 heavy (non-hydrogen) atoms. The molecular formula is C28H27Cl2FN4O4. The lowest BCUT2D eigenvalue weighted by Crippen LogP contribution is -2.49. The van der Waals surface area contributed by atoms with E-state index in [0.29, 0.717) is 36.2 Å². The SMILES string of the molecule is CC(Oc1c(N)ncc2c(-c3ccc(C(=O)N4CCN(CCO)CC4)cc3)coc12)c1c(Cl)ccc(F)c1Cl. The Kier molecular flexibility index (Phi) is 7.95. The van der Waals surface area contributed by atoms with Crippen LogP contribution in [-0.2, 0) is 0 Å². The fourth-order valence-corrected chi connectivity index (χ4v) is 5.44. The summed E-state index contributed by atoms with van der Waals surface area (Å²) < 4.78 is 26.0. The number of aliphatic hydroxyl groups is 1. The largest absolute Gasteiger partial charge is 0.478 e. The van der Waals surface area contributed by atoms with Gasteiger partial charge in [0.2, 0.25) is 5.75 Å². The summed E-state index contributed by atoms with van der Waals surface area (Å²) in [6.07, 6.45) is 2.41. The first kappa shape index (κ1) is 27.2. The number of benzene rings is 2. The first-order valence-electron chi connectivity index (χ1n) is 12.5. The van der Waals surface area contributed by atoms with E-state index in [4.69, 9.17) is 43.2 Å². The normalized spacial score (nSPS) is 15.1. The number of anilines is 1. The third-order valence-corrected chi connectivity index (χ3v) is 7.61. The second kappa shape index (κ2) is 11.4. The van der Waals surface area contributed by atoms with Crippen molar-refractivity contribution in [2.45, 2.75) is 13.0 Å². The lowest BCUT2D eigenvalue weighted by molar-refractivity contribution is 0.0615. The van der Waals surface area contributed by atoms with Gasteiger partial charge in [-0.05, 0) is 36.8 Å². The van der Waals surface area contributed by atoms with Gasteiger partial charge in [0.25, 0.3) is 5.91 Å². The van der Waals surface area contributed by atoms with Crippen LogP contribution in [0.25, 0.3) is 22.1 Å². The molecule has 5 rings (SSSR count). The quantitative estimate of drug-likeness (QED) is 0.285. The number of hydrogen-bond donors (Lipinski definition) is 2. The predicted molar refractivity (Wildman–Crippen MR) is 149 cm³/mol. The Morgan fingerprint density at radius 2 is 1.90 bits per heavy atom. The first-order valence-corrected chi connectivity index (χ1v) is 13.2. The number of rotatable bonds is 7. The number of ether oxygens (including phenoxy) is 1. The molecule has 4 aromatic rings. The molecular weight excluding hydrogens is 546 g/mol. The standard InChI is InChI=1S/C28H27Cl2FN4O4/c1-16(23-21(29)6-7-22(31)24(23)30)39-26-25-19(14-33-27(26)32)20(15-38-25)17-2-4-18(5-3-17)28(37)35-10-8-34(9-11-35)12-13-36/h2-7,14-16,36H,8-13H2,1H3,(H2,32,33). The highest BCUT2D eigenvalue weighted by atomic mass is 35.5. The molecule has 0 aliphatic carbocycles. The molecule has 1 atom stereocenters. The number of pyridine rings is 1. The second-order valence-corrected chi connectivity index (χ2v) is 10.1. The number of nitrogen functional groups attached to an aromatic ring is 1. The molecule has 1 fully saturated rings.